The Balaban J connectivity index is 1.86. The fourth-order valence-corrected chi connectivity index (χ4v) is 2.74. The van der Waals surface area contributed by atoms with E-state index in [0.29, 0.717) is 6.42 Å². The summed E-state index contributed by atoms with van der Waals surface area (Å²) in [4.78, 5) is 12.3. The average molecular weight is 321 g/mol. The molecule has 6 heteroatoms. The number of hydrogen-bond acceptors (Lipinski definition) is 5. The number of methoxy groups -OCH3 is 1. The van der Waals surface area contributed by atoms with Crippen molar-refractivity contribution in [2.75, 3.05) is 13.7 Å². The Kier molecular flexibility index (Phi) is 6.83. The van der Waals surface area contributed by atoms with E-state index >= 15 is 0 Å². The maximum atomic E-state index is 12.3. The largest absolute Gasteiger partial charge is 0.497 e. The van der Waals surface area contributed by atoms with Crippen LogP contribution in [0.15, 0.2) is 24.3 Å². The number of hydrogen-bond donors (Lipinski definition) is 4. The van der Waals surface area contributed by atoms with Gasteiger partial charge in [-0.05, 0) is 30.5 Å². The lowest BCUT2D eigenvalue weighted by Crippen LogP contribution is -2.48. The maximum absolute atomic E-state index is 12.3. The average Bonchev–Trinajstić information content (AvgIpc) is 3.08. The summed E-state index contributed by atoms with van der Waals surface area (Å²) in [5.74, 6) is 0.749. The monoisotopic (exact) mass is 321 g/mol. The van der Waals surface area contributed by atoms with E-state index in [1.54, 1.807) is 7.11 Å². The zero-order chi connectivity index (χ0) is 16.7. The molecule has 23 heavy (non-hydrogen) atoms. The smallest absolute Gasteiger partial charge is 0.238 e. The van der Waals surface area contributed by atoms with Crippen LogP contribution in [0.25, 0.3) is 0 Å². The third kappa shape index (κ3) is 4.92. The molecule has 1 aromatic rings. The van der Waals surface area contributed by atoms with E-state index in [-0.39, 0.29) is 30.6 Å². The van der Waals surface area contributed by atoms with E-state index in [9.17, 15) is 9.90 Å². The van der Waals surface area contributed by atoms with Gasteiger partial charge in [-0.25, -0.2) is 10.9 Å². The van der Waals surface area contributed by atoms with Gasteiger partial charge in [0.05, 0.1) is 19.8 Å². The normalized spacial score (nSPS) is 21.9. The molecule has 0 saturated carbocycles. The van der Waals surface area contributed by atoms with Gasteiger partial charge in [0.25, 0.3) is 0 Å². The number of amides is 1. The molecular weight excluding hydrogens is 294 g/mol. The van der Waals surface area contributed by atoms with E-state index in [0.717, 1.165) is 30.6 Å². The lowest BCUT2D eigenvalue weighted by Gasteiger charge is -2.18. The van der Waals surface area contributed by atoms with E-state index in [1.165, 1.54) is 0 Å². The van der Waals surface area contributed by atoms with Crippen LogP contribution in [-0.4, -0.2) is 36.8 Å². The first-order valence-electron chi connectivity index (χ1n) is 8.24. The Labute approximate surface area is 137 Å². The first-order valence-corrected chi connectivity index (χ1v) is 8.24. The van der Waals surface area contributed by atoms with Gasteiger partial charge in [-0.1, -0.05) is 31.9 Å². The third-order valence-electron chi connectivity index (χ3n) is 4.21. The van der Waals surface area contributed by atoms with Crippen molar-refractivity contribution < 1.29 is 14.6 Å². The maximum Gasteiger partial charge on any atom is 0.238 e. The number of aliphatic hydroxyl groups is 1. The molecule has 1 saturated heterocycles. The quantitative estimate of drug-likeness (QED) is 0.580. The minimum atomic E-state index is -0.294. The number of ether oxygens (including phenoxy) is 1. The highest BCUT2D eigenvalue weighted by Crippen LogP contribution is 2.24. The Morgan fingerprint density at radius 2 is 2.13 bits per heavy atom. The molecule has 1 amide bonds. The molecule has 1 aliphatic heterocycles. The summed E-state index contributed by atoms with van der Waals surface area (Å²) in [7, 11) is 1.64. The van der Waals surface area contributed by atoms with Crippen LogP contribution in [-0.2, 0) is 4.79 Å². The molecule has 0 radical (unpaired) electrons. The van der Waals surface area contributed by atoms with Gasteiger partial charge in [0.15, 0.2) is 0 Å². The summed E-state index contributed by atoms with van der Waals surface area (Å²) in [6.07, 6.45) is 3.52. The van der Waals surface area contributed by atoms with Gasteiger partial charge in [0.1, 0.15) is 11.8 Å². The highest BCUT2D eigenvalue weighted by Gasteiger charge is 2.30. The second kappa shape index (κ2) is 8.86. The highest BCUT2D eigenvalue weighted by molar-refractivity contribution is 5.82. The minimum Gasteiger partial charge on any atom is -0.497 e. The molecule has 0 spiro atoms. The molecule has 3 atom stereocenters. The fraction of sp³-hybridized carbons (Fsp3) is 0.588. The van der Waals surface area contributed by atoms with E-state index in [2.05, 4.69) is 23.1 Å². The summed E-state index contributed by atoms with van der Waals surface area (Å²) >= 11 is 0. The van der Waals surface area contributed by atoms with Crippen LogP contribution in [0.4, 0.5) is 0 Å². The topological polar surface area (TPSA) is 82.6 Å². The van der Waals surface area contributed by atoms with Gasteiger partial charge < -0.3 is 15.2 Å². The zero-order valence-corrected chi connectivity index (χ0v) is 13.8. The SMILES string of the molecule is CCCCC(CO)NC(=O)C1CC(c2ccc(OC)cc2)NN1. The molecule has 2 rings (SSSR count). The number of nitrogens with one attached hydrogen (secondary N) is 3. The van der Waals surface area contributed by atoms with Gasteiger partial charge in [-0.15, -0.1) is 0 Å². The molecule has 0 bridgehead atoms. The molecule has 0 aliphatic carbocycles. The molecule has 6 nitrogen and oxygen atoms in total. The summed E-state index contributed by atoms with van der Waals surface area (Å²) in [5.41, 5.74) is 7.32. The van der Waals surface area contributed by atoms with Crippen molar-refractivity contribution in [2.45, 2.75) is 50.7 Å². The molecule has 0 aromatic heterocycles. The number of unbranched alkanes of at least 4 members (excludes halogenated alkanes) is 1. The van der Waals surface area contributed by atoms with Crippen LogP contribution in [0.5, 0.6) is 5.75 Å². The molecule has 4 N–H and O–H groups in total. The van der Waals surface area contributed by atoms with Crippen molar-refractivity contribution >= 4 is 5.91 Å². The predicted octanol–water partition coefficient (Wildman–Crippen LogP) is 1.27. The van der Waals surface area contributed by atoms with Crippen LogP contribution in [0.1, 0.15) is 44.2 Å². The van der Waals surface area contributed by atoms with Gasteiger partial charge in [0, 0.05) is 6.04 Å². The van der Waals surface area contributed by atoms with Crippen LogP contribution in [0, 0.1) is 0 Å². The van der Waals surface area contributed by atoms with E-state index in [1.807, 2.05) is 24.3 Å². The van der Waals surface area contributed by atoms with Gasteiger partial charge in [-0.2, -0.15) is 0 Å². The van der Waals surface area contributed by atoms with Crippen LogP contribution >= 0.6 is 0 Å². The lowest BCUT2D eigenvalue weighted by molar-refractivity contribution is -0.124. The number of rotatable bonds is 8. The fourth-order valence-electron chi connectivity index (χ4n) is 2.74. The number of carbonyl (C=O) groups excluding carboxylic acids is 1. The summed E-state index contributed by atoms with van der Waals surface area (Å²) in [6, 6.07) is 7.45. The zero-order valence-electron chi connectivity index (χ0n) is 13.8. The van der Waals surface area contributed by atoms with Crippen LogP contribution < -0.4 is 20.9 Å². The molecule has 1 fully saturated rings. The van der Waals surface area contributed by atoms with Crippen molar-refractivity contribution in [3.05, 3.63) is 29.8 Å². The van der Waals surface area contributed by atoms with Gasteiger partial charge in [0.2, 0.25) is 5.91 Å². The van der Waals surface area contributed by atoms with Crippen LogP contribution in [0.3, 0.4) is 0 Å². The lowest BCUT2D eigenvalue weighted by atomic mass is 10.0. The molecule has 1 heterocycles. The summed E-state index contributed by atoms with van der Waals surface area (Å²) < 4.78 is 5.16. The second-order valence-electron chi connectivity index (χ2n) is 5.93. The molecule has 128 valence electrons. The third-order valence-corrected chi connectivity index (χ3v) is 4.21. The summed E-state index contributed by atoms with van der Waals surface area (Å²) in [5, 5.41) is 12.3. The molecular formula is C17H27N3O3. The number of aliphatic hydroxyl groups excluding tert-OH is 1. The van der Waals surface area contributed by atoms with Crippen molar-refractivity contribution in [3.63, 3.8) is 0 Å². The van der Waals surface area contributed by atoms with Crippen molar-refractivity contribution in [2.24, 2.45) is 0 Å². The van der Waals surface area contributed by atoms with E-state index < -0.39 is 0 Å². The number of benzene rings is 1. The van der Waals surface area contributed by atoms with Gasteiger partial charge in [-0.3, -0.25) is 4.79 Å². The number of hydrazine groups is 1. The van der Waals surface area contributed by atoms with Crippen molar-refractivity contribution in [3.8, 4) is 5.75 Å². The van der Waals surface area contributed by atoms with Crippen LogP contribution in [0.2, 0.25) is 0 Å². The highest BCUT2D eigenvalue weighted by atomic mass is 16.5. The van der Waals surface area contributed by atoms with Crippen molar-refractivity contribution in [1.29, 1.82) is 0 Å². The molecule has 1 aromatic carbocycles. The Bertz CT molecular complexity index is 492. The molecule has 1 aliphatic rings. The minimum absolute atomic E-state index is 0.0200. The van der Waals surface area contributed by atoms with E-state index in [4.69, 9.17) is 4.74 Å². The first-order chi connectivity index (χ1) is 11.2. The number of carbonyl (C=O) groups is 1. The standard InChI is InChI=1S/C17H27N3O3/c1-3-4-5-13(11-21)18-17(22)16-10-15(19-20-16)12-6-8-14(23-2)9-7-12/h6-9,13,15-16,19-21H,3-5,10-11H2,1-2H3,(H,18,22). The predicted molar refractivity (Wildman–Crippen MR) is 89.0 cm³/mol. The Morgan fingerprint density at radius 1 is 1.39 bits per heavy atom. The van der Waals surface area contributed by atoms with Gasteiger partial charge >= 0.3 is 0 Å². The Morgan fingerprint density at radius 3 is 2.74 bits per heavy atom. The second-order valence-corrected chi connectivity index (χ2v) is 5.93. The first kappa shape index (κ1) is 17.7. The summed E-state index contributed by atoms with van der Waals surface area (Å²) in [6.45, 7) is 2.08. The molecule has 3 unspecified atom stereocenters. The van der Waals surface area contributed by atoms with Crippen molar-refractivity contribution in [1.82, 2.24) is 16.2 Å². The Hall–Kier alpha value is -1.63.